The molecular weight excluding hydrogens is 909 g/mol. The fraction of sp³-hybridized carbons (Fsp3) is 0.826. The molecule has 0 spiro atoms. The van der Waals surface area contributed by atoms with E-state index in [2.05, 4.69) is 81.5 Å². The van der Waals surface area contributed by atoms with E-state index >= 15 is 0 Å². The fourth-order valence-electron chi connectivity index (χ4n) is 9.61. The van der Waals surface area contributed by atoms with Crippen LogP contribution in [0, 0.1) is 0 Å². The maximum atomic E-state index is 12.9. The quantitative estimate of drug-likeness (QED) is 0.0345. The molecule has 0 amide bonds. The van der Waals surface area contributed by atoms with Crippen molar-refractivity contribution in [1.29, 1.82) is 0 Å². The molecule has 0 aliphatic heterocycles. The summed E-state index contributed by atoms with van der Waals surface area (Å²) >= 11 is 0. The molecule has 0 rings (SSSR count). The van der Waals surface area contributed by atoms with Gasteiger partial charge in [0.2, 0.25) is 0 Å². The van der Waals surface area contributed by atoms with Crippen LogP contribution in [0.5, 0.6) is 0 Å². The average Bonchev–Trinajstić information content (AvgIpc) is 3.40. The van der Waals surface area contributed by atoms with Crippen LogP contribution in [0.1, 0.15) is 342 Å². The minimum Gasteiger partial charge on any atom is -0.462 e. The fourth-order valence-corrected chi connectivity index (χ4v) is 9.61. The Kier molecular flexibility index (Phi) is 62.8. The van der Waals surface area contributed by atoms with E-state index in [1.54, 1.807) is 0 Å². The van der Waals surface area contributed by atoms with Crippen LogP contribution in [0.4, 0.5) is 0 Å². The molecule has 0 fully saturated rings. The molecule has 0 bridgehead atoms. The summed E-state index contributed by atoms with van der Waals surface area (Å²) < 4.78 is 17.6. The molecular formula is C69H126O5. The minimum atomic E-state index is -0.544. The topological polar surface area (TPSA) is 61.8 Å². The van der Waals surface area contributed by atoms with Crippen LogP contribution in [-0.4, -0.2) is 37.9 Å². The first-order chi connectivity index (χ1) is 36.6. The van der Waals surface area contributed by atoms with E-state index in [0.29, 0.717) is 19.4 Å². The number of unbranched alkanes of at least 4 members (excludes halogenated alkanes) is 40. The van der Waals surface area contributed by atoms with E-state index in [4.69, 9.17) is 14.2 Å². The monoisotopic (exact) mass is 1030 g/mol. The van der Waals surface area contributed by atoms with E-state index in [1.807, 2.05) is 0 Å². The van der Waals surface area contributed by atoms with Crippen LogP contribution in [0.25, 0.3) is 0 Å². The lowest BCUT2D eigenvalue weighted by atomic mass is 10.0. The van der Waals surface area contributed by atoms with Crippen molar-refractivity contribution in [2.45, 2.75) is 348 Å². The third-order valence-electron chi connectivity index (χ3n) is 14.5. The first-order valence-corrected chi connectivity index (χ1v) is 32.8. The highest BCUT2D eigenvalue weighted by atomic mass is 16.6. The van der Waals surface area contributed by atoms with Gasteiger partial charge in [0.15, 0.2) is 6.10 Å². The van der Waals surface area contributed by atoms with Crippen LogP contribution in [0.15, 0.2) is 60.8 Å². The summed E-state index contributed by atoms with van der Waals surface area (Å²) in [4.78, 5) is 25.7. The summed E-state index contributed by atoms with van der Waals surface area (Å²) in [6, 6.07) is 0. The maximum absolute atomic E-state index is 12.9. The summed E-state index contributed by atoms with van der Waals surface area (Å²) in [6.45, 7) is 7.82. The zero-order chi connectivity index (χ0) is 53.4. The Bertz CT molecular complexity index is 1260. The molecule has 0 heterocycles. The second-order valence-electron chi connectivity index (χ2n) is 22.0. The van der Waals surface area contributed by atoms with E-state index < -0.39 is 6.10 Å². The summed E-state index contributed by atoms with van der Waals surface area (Å²) in [5.41, 5.74) is 0. The first kappa shape index (κ1) is 71.6. The van der Waals surface area contributed by atoms with Gasteiger partial charge in [0.25, 0.3) is 0 Å². The van der Waals surface area contributed by atoms with Crippen molar-refractivity contribution < 1.29 is 23.8 Å². The predicted molar refractivity (Wildman–Crippen MR) is 325 cm³/mol. The summed E-state index contributed by atoms with van der Waals surface area (Å²) in [5.74, 6) is -0.388. The van der Waals surface area contributed by atoms with Gasteiger partial charge in [-0.2, -0.15) is 0 Å². The molecule has 5 nitrogen and oxygen atoms in total. The Morgan fingerprint density at radius 2 is 0.568 bits per heavy atom. The third kappa shape index (κ3) is 62.1. The number of hydrogen-bond donors (Lipinski definition) is 0. The molecule has 1 unspecified atom stereocenters. The summed E-state index contributed by atoms with van der Waals surface area (Å²) in [5, 5.41) is 0. The normalized spacial score (nSPS) is 12.5. The zero-order valence-corrected chi connectivity index (χ0v) is 49.9. The molecule has 5 heteroatoms. The highest BCUT2D eigenvalue weighted by Crippen LogP contribution is 2.17. The Morgan fingerprint density at radius 3 is 0.932 bits per heavy atom. The zero-order valence-electron chi connectivity index (χ0n) is 49.9. The molecule has 0 aromatic rings. The molecule has 0 aromatic carbocycles. The molecule has 0 N–H and O–H groups in total. The predicted octanol–water partition coefficient (Wildman–Crippen LogP) is 22.8. The number of hydrogen-bond acceptors (Lipinski definition) is 5. The second-order valence-corrected chi connectivity index (χ2v) is 22.0. The van der Waals surface area contributed by atoms with Crippen molar-refractivity contribution in [3.05, 3.63) is 60.8 Å². The maximum Gasteiger partial charge on any atom is 0.306 e. The van der Waals surface area contributed by atoms with Gasteiger partial charge in [-0.15, -0.1) is 0 Å². The molecule has 0 radical (unpaired) electrons. The van der Waals surface area contributed by atoms with Crippen molar-refractivity contribution in [2.75, 3.05) is 19.8 Å². The van der Waals surface area contributed by atoms with Gasteiger partial charge in [-0.1, -0.05) is 300 Å². The molecule has 0 aliphatic rings. The second kappa shape index (κ2) is 64.9. The van der Waals surface area contributed by atoms with Crippen molar-refractivity contribution in [2.24, 2.45) is 0 Å². The molecule has 1 atom stereocenters. The molecule has 0 saturated carbocycles. The number of carbonyl (C=O) groups is 2. The lowest BCUT2D eigenvalue weighted by Crippen LogP contribution is -2.30. The van der Waals surface area contributed by atoms with Crippen LogP contribution >= 0.6 is 0 Å². The van der Waals surface area contributed by atoms with Crippen molar-refractivity contribution in [1.82, 2.24) is 0 Å². The molecule has 0 aliphatic carbocycles. The minimum absolute atomic E-state index is 0.0818. The summed E-state index contributed by atoms with van der Waals surface area (Å²) in [7, 11) is 0. The van der Waals surface area contributed by atoms with Crippen molar-refractivity contribution in [3.63, 3.8) is 0 Å². The largest absolute Gasteiger partial charge is 0.462 e. The van der Waals surface area contributed by atoms with Gasteiger partial charge in [0, 0.05) is 19.4 Å². The lowest BCUT2D eigenvalue weighted by Gasteiger charge is -2.18. The number of esters is 2. The van der Waals surface area contributed by atoms with E-state index in [-0.39, 0.29) is 25.2 Å². The SMILES string of the molecule is CCCCC/C=C\C/C=C\C/C=C\CCCCCCCCCOCC(COC(=O)CCCCCCCCCCC/C=C\C/C=C\CCCCC)OC(=O)CCCCCCCCCCCCCCCCCCCCC. The van der Waals surface area contributed by atoms with Gasteiger partial charge in [0.1, 0.15) is 6.61 Å². The van der Waals surface area contributed by atoms with E-state index in [9.17, 15) is 9.59 Å². The Hall–Kier alpha value is -2.40. The summed E-state index contributed by atoms with van der Waals surface area (Å²) in [6.07, 6.45) is 84.0. The van der Waals surface area contributed by atoms with Gasteiger partial charge >= 0.3 is 11.9 Å². The van der Waals surface area contributed by atoms with Crippen LogP contribution in [0.3, 0.4) is 0 Å². The molecule has 432 valence electrons. The number of carbonyl (C=O) groups excluding carboxylic acids is 2. The van der Waals surface area contributed by atoms with Crippen LogP contribution in [0.2, 0.25) is 0 Å². The van der Waals surface area contributed by atoms with E-state index in [0.717, 1.165) is 57.8 Å². The van der Waals surface area contributed by atoms with Gasteiger partial charge in [-0.05, 0) is 89.9 Å². The highest BCUT2D eigenvalue weighted by molar-refractivity contribution is 5.70. The van der Waals surface area contributed by atoms with Gasteiger partial charge in [-0.3, -0.25) is 9.59 Å². The van der Waals surface area contributed by atoms with Gasteiger partial charge in [0.05, 0.1) is 6.61 Å². The Morgan fingerprint density at radius 1 is 0.297 bits per heavy atom. The van der Waals surface area contributed by atoms with Crippen LogP contribution < -0.4 is 0 Å². The Labute approximate surface area is 462 Å². The highest BCUT2D eigenvalue weighted by Gasteiger charge is 2.18. The average molecular weight is 1040 g/mol. The molecule has 74 heavy (non-hydrogen) atoms. The first-order valence-electron chi connectivity index (χ1n) is 32.8. The number of allylic oxidation sites excluding steroid dienone is 10. The van der Waals surface area contributed by atoms with Gasteiger partial charge < -0.3 is 14.2 Å². The standard InChI is InChI=1S/C69H126O5/c1-4-7-10-13-16-19-22-25-28-31-34-37-40-43-46-49-52-55-58-61-64-72-65-67(74-69(71)63-60-57-54-51-48-45-42-39-36-33-30-27-24-21-18-15-12-9-6-3)66-73-68(70)62-59-56-53-50-47-44-41-38-35-32-29-26-23-20-17-14-11-8-5-2/h16-17,19-20,25-26,28-29,34,37,67H,4-15,18,21-24,27,30-33,35-36,38-66H2,1-3H3/b19-16-,20-17-,28-25-,29-26-,37-34-. The lowest BCUT2D eigenvalue weighted by molar-refractivity contribution is -0.163. The Balaban J connectivity index is 4.28. The van der Waals surface area contributed by atoms with Crippen molar-refractivity contribution >= 4 is 11.9 Å². The van der Waals surface area contributed by atoms with Crippen molar-refractivity contribution in [3.8, 4) is 0 Å². The molecule has 0 saturated heterocycles. The smallest absolute Gasteiger partial charge is 0.306 e. The molecule has 0 aromatic heterocycles. The van der Waals surface area contributed by atoms with Gasteiger partial charge in [-0.25, -0.2) is 0 Å². The number of ether oxygens (including phenoxy) is 3. The number of rotatable bonds is 61. The van der Waals surface area contributed by atoms with E-state index in [1.165, 1.54) is 250 Å². The third-order valence-corrected chi connectivity index (χ3v) is 14.5. The van der Waals surface area contributed by atoms with Crippen LogP contribution in [-0.2, 0) is 23.8 Å².